The molecule has 1 N–H and O–H groups in total. The molecule has 0 amide bonds. The molecule has 1 aromatic carbocycles. The summed E-state index contributed by atoms with van der Waals surface area (Å²) in [5.41, 5.74) is 1.64. The Balaban J connectivity index is 2.77. The number of halogens is 2. The van der Waals surface area contributed by atoms with Gasteiger partial charge in [0.25, 0.3) is 0 Å². The van der Waals surface area contributed by atoms with E-state index in [-0.39, 0.29) is 0 Å². The Labute approximate surface area is 83.6 Å². The fourth-order valence-electron chi connectivity index (χ4n) is 1.13. The Hall–Kier alpha value is -1.00. The van der Waals surface area contributed by atoms with Gasteiger partial charge in [0.1, 0.15) is 15.9 Å². The maximum atomic E-state index is 9.17. The summed E-state index contributed by atoms with van der Waals surface area (Å²) < 4.78 is 0. The topological polar surface area (TPSA) is 50.9 Å². The van der Waals surface area contributed by atoms with Gasteiger partial charge in [-0.2, -0.15) is 0 Å². The number of hydrogen-bond acceptors (Lipinski definition) is 3. The van der Waals surface area contributed by atoms with Crippen LogP contribution in [0, 0.1) is 0 Å². The molecular weight excluding hydrogens is 213 g/mol. The van der Waals surface area contributed by atoms with Gasteiger partial charge in [-0.05, 0) is 11.3 Å². The van der Waals surface area contributed by atoms with Crippen LogP contribution in [0.5, 0.6) is 0 Å². The molecule has 2 aromatic rings. The van der Waals surface area contributed by atoms with Crippen molar-refractivity contribution in [1.29, 1.82) is 0 Å². The third-order valence-electron chi connectivity index (χ3n) is 1.73. The first kappa shape index (κ1) is 8.59. The highest BCUT2D eigenvalue weighted by atomic mass is 35.5. The van der Waals surface area contributed by atoms with Crippen molar-refractivity contribution in [2.45, 2.75) is 4.84 Å². The molecule has 68 valence electrons. The number of aromatic nitrogens is 3. The molecule has 0 unspecified atom stereocenters. The Bertz CT molecular complexity index is 440. The molecule has 0 aliphatic rings. The van der Waals surface area contributed by atoms with Crippen LogP contribution in [0.25, 0.3) is 11.0 Å². The predicted molar refractivity (Wildman–Crippen MR) is 49.2 cm³/mol. The van der Waals surface area contributed by atoms with E-state index in [9.17, 15) is 5.21 Å². The van der Waals surface area contributed by atoms with E-state index in [1.165, 1.54) is 0 Å². The van der Waals surface area contributed by atoms with E-state index in [1.54, 1.807) is 18.2 Å². The van der Waals surface area contributed by atoms with Gasteiger partial charge in [-0.1, -0.05) is 40.2 Å². The van der Waals surface area contributed by atoms with Crippen molar-refractivity contribution < 1.29 is 5.21 Å². The lowest BCUT2D eigenvalue weighted by Crippen LogP contribution is -1.91. The average Bonchev–Trinajstić information content (AvgIpc) is 2.48. The van der Waals surface area contributed by atoms with Gasteiger partial charge in [0, 0.05) is 5.56 Å². The number of benzene rings is 1. The normalized spacial score (nSPS) is 11.3. The Morgan fingerprint density at radius 1 is 1.38 bits per heavy atom. The van der Waals surface area contributed by atoms with Crippen molar-refractivity contribution in [3.05, 3.63) is 23.8 Å². The van der Waals surface area contributed by atoms with Gasteiger partial charge in [-0.3, -0.25) is 0 Å². The van der Waals surface area contributed by atoms with Gasteiger partial charge < -0.3 is 5.21 Å². The second-order valence-electron chi connectivity index (χ2n) is 2.49. The SMILES string of the molecule is On1nnc2c(C(Cl)Cl)cccc21. The van der Waals surface area contributed by atoms with Gasteiger partial charge >= 0.3 is 0 Å². The summed E-state index contributed by atoms with van der Waals surface area (Å²) in [5.74, 6) is 0. The zero-order valence-corrected chi connectivity index (χ0v) is 7.87. The van der Waals surface area contributed by atoms with Crippen LogP contribution in [-0.4, -0.2) is 20.4 Å². The summed E-state index contributed by atoms with van der Waals surface area (Å²) in [6.45, 7) is 0. The zero-order valence-electron chi connectivity index (χ0n) is 6.35. The minimum absolute atomic E-state index is 0.490. The average molecular weight is 218 g/mol. The summed E-state index contributed by atoms with van der Waals surface area (Å²) in [5, 5.41) is 16.4. The first-order valence-corrected chi connectivity index (χ1v) is 4.39. The smallest absolute Gasteiger partial charge is 0.135 e. The van der Waals surface area contributed by atoms with E-state index >= 15 is 0 Å². The van der Waals surface area contributed by atoms with Crippen LogP contribution in [0.4, 0.5) is 0 Å². The van der Waals surface area contributed by atoms with Crippen LogP contribution >= 0.6 is 23.2 Å². The zero-order chi connectivity index (χ0) is 9.42. The van der Waals surface area contributed by atoms with Crippen LogP contribution in [0.15, 0.2) is 18.2 Å². The van der Waals surface area contributed by atoms with Crippen LogP contribution < -0.4 is 0 Å². The van der Waals surface area contributed by atoms with E-state index in [1.807, 2.05) is 0 Å². The summed E-state index contributed by atoms with van der Waals surface area (Å²) in [7, 11) is 0. The molecule has 1 aromatic heterocycles. The number of hydrogen-bond donors (Lipinski definition) is 1. The molecule has 0 spiro atoms. The third-order valence-corrected chi connectivity index (χ3v) is 2.20. The van der Waals surface area contributed by atoms with Crippen LogP contribution in [0.1, 0.15) is 10.4 Å². The Morgan fingerprint density at radius 3 is 2.85 bits per heavy atom. The number of alkyl halides is 2. The number of fused-ring (bicyclic) bond motifs is 1. The predicted octanol–water partition coefficient (Wildman–Crippen LogP) is 2.14. The second kappa shape index (κ2) is 3.05. The van der Waals surface area contributed by atoms with E-state index in [4.69, 9.17) is 23.2 Å². The molecule has 0 saturated carbocycles. The summed E-state index contributed by atoms with van der Waals surface area (Å²) >= 11 is 11.4. The standard InChI is InChI=1S/C7H5Cl2N3O/c8-7(9)4-2-1-3-5-6(4)10-11-12(5)13/h1-3,7,13H. The molecule has 0 atom stereocenters. The maximum absolute atomic E-state index is 9.17. The fraction of sp³-hybridized carbons (Fsp3) is 0.143. The first-order valence-electron chi connectivity index (χ1n) is 3.52. The van der Waals surface area contributed by atoms with Gasteiger partial charge in [0.15, 0.2) is 0 Å². The number of rotatable bonds is 1. The lowest BCUT2D eigenvalue weighted by atomic mass is 10.2. The lowest BCUT2D eigenvalue weighted by molar-refractivity contribution is 0.155. The molecule has 0 saturated heterocycles. The third kappa shape index (κ3) is 1.32. The Kier molecular flexibility index (Phi) is 2.01. The van der Waals surface area contributed by atoms with Gasteiger partial charge in [0.2, 0.25) is 0 Å². The minimum Gasteiger partial charge on any atom is -0.410 e. The molecule has 4 nitrogen and oxygen atoms in total. The Morgan fingerprint density at radius 2 is 2.15 bits per heavy atom. The fourth-order valence-corrected chi connectivity index (χ4v) is 1.48. The highest BCUT2D eigenvalue weighted by Crippen LogP contribution is 2.29. The summed E-state index contributed by atoms with van der Waals surface area (Å²) in [4.78, 5) is 0.0232. The molecule has 0 aliphatic heterocycles. The van der Waals surface area contributed by atoms with E-state index in [0.717, 1.165) is 0 Å². The lowest BCUT2D eigenvalue weighted by Gasteiger charge is -2.00. The summed E-state index contributed by atoms with van der Waals surface area (Å²) in [6, 6.07) is 5.14. The van der Waals surface area contributed by atoms with Crippen LogP contribution in [0.3, 0.4) is 0 Å². The van der Waals surface area contributed by atoms with Gasteiger partial charge in [-0.15, -0.1) is 5.10 Å². The monoisotopic (exact) mass is 217 g/mol. The molecule has 0 bridgehead atoms. The molecule has 6 heteroatoms. The molecule has 0 radical (unpaired) electrons. The van der Waals surface area contributed by atoms with Crippen LogP contribution in [-0.2, 0) is 0 Å². The second-order valence-corrected chi connectivity index (χ2v) is 3.59. The van der Waals surface area contributed by atoms with Gasteiger partial charge in [0.05, 0.1) is 0 Å². The van der Waals surface area contributed by atoms with Crippen molar-refractivity contribution in [2.75, 3.05) is 0 Å². The quantitative estimate of drug-likeness (QED) is 0.589. The van der Waals surface area contributed by atoms with E-state index < -0.39 is 4.84 Å². The highest BCUT2D eigenvalue weighted by molar-refractivity contribution is 6.44. The molecular formula is C7H5Cl2N3O. The first-order chi connectivity index (χ1) is 6.20. The molecule has 13 heavy (non-hydrogen) atoms. The van der Waals surface area contributed by atoms with Crippen molar-refractivity contribution in [3.8, 4) is 0 Å². The van der Waals surface area contributed by atoms with E-state index in [2.05, 4.69) is 10.3 Å². The van der Waals surface area contributed by atoms with Crippen molar-refractivity contribution in [2.24, 2.45) is 0 Å². The minimum atomic E-state index is -0.666. The highest BCUT2D eigenvalue weighted by Gasteiger charge is 2.12. The van der Waals surface area contributed by atoms with Crippen molar-refractivity contribution in [3.63, 3.8) is 0 Å². The van der Waals surface area contributed by atoms with E-state index in [0.29, 0.717) is 21.4 Å². The summed E-state index contributed by atoms with van der Waals surface area (Å²) in [6.07, 6.45) is 0. The molecule has 2 rings (SSSR count). The largest absolute Gasteiger partial charge is 0.410 e. The maximum Gasteiger partial charge on any atom is 0.135 e. The van der Waals surface area contributed by atoms with Crippen molar-refractivity contribution >= 4 is 34.2 Å². The van der Waals surface area contributed by atoms with Crippen LogP contribution in [0.2, 0.25) is 0 Å². The van der Waals surface area contributed by atoms with Crippen molar-refractivity contribution in [1.82, 2.24) is 15.2 Å². The van der Waals surface area contributed by atoms with Gasteiger partial charge in [-0.25, -0.2) is 0 Å². The molecule has 0 fully saturated rings. The molecule has 1 heterocycles. The molecule has 0 aliphatic carbocycles. The number of nitrogens with zero attached hydrogens (tertiary/aromatic N) is 3.